The van der Waals surface area contributed by atoms with Gasteiger partial charge in [-0.05, 0) is 48.6 Å². The lowest BCUT2D eigenvalue weighted by Gasteiger charge is -2.36. The van der Waals surface area contributed by atoms with Gasteiger partial charge in [-0.1, -0.05) is 13.8 Å². The molecule has 2 saturated heterocycles. The maximum atomic E-state index is 14.9. The summed E-state index contributed by atoms with van der Waals surface area (Å²) in [5.74, 6) is -1.03. The number of benzene rings is 1. The summed E-state index contributed by atoms with van der Waals surface area (Å²) in [6.45, 7) is 8.37. The zero-order valence-corrected chi connectivity index (χ0v) is 21.1. The largest absolute Gasteiger partial charge is 0.365 e. The Morgan fingerprint density at radius 1 is 1.14 bits per heavy atom. The molecule has 1 unspecified atom stereocenters. The first kappa shape index (κ1) is 25.2. The molecule has 9 nitrogen and oxygen atoms in total. The third kappa shape index (κ3) is 5.47. The molecule has 1 aromatic carbocycles. The summed E-state index contributed by atoms with van der Waals surface area (Å²) in [5.41, 5.74) is 4.50. The molecule has 2 N–H and O–H groups in total. The third-order valence-electron chi connectivity index (χ3n) is 7.08. The molecule has 3 aromatic rings. The number of hydrogen-bond donors (Lipinski definition) is 2. The minimum Gasteiger partial charge on any atom is -0.365 e. The van der Waals surface area contributed by atoms with E-state index in [0.717, 1.165) is 25.1 Å². The Labute approximate surface area is 213 Å². The van der Waals surface area contributed by atoms with Gasteiger partial charge in [-0.2, -0.15) is 4.39 Å². The first-order valence-corrected chi connectivity index (χ1v) is 12.7. The molecule has 4 heterocycles. The topological polar surface area (TPSA) is 97.5 Å². The van der Waals surface area contributed by atoms with Crippen LogP contribution < -0.4 is 15.9 Å². The maximum absolute atomic E-state index is 14.9. The Kier molecular flexibility index (Phi) is 7.16. The molecule has 0 radical (unpaired) electrons. The SMILES string of the molecule is CCc1nc2c(F)cc(CN3CCN(c4ccc(C(=O)NN5CCC(C)C5)nc4F)CC3)cc2[nH]c1=O. The molecule has 37 heavy (non-hydrogen) atoms. The summed E-state index contributed by atoms with van der Waals surface area (Å²) in [4.78, 5) is 39.4. The van der Waals surface area contributed by atoms with E-state index in [2.05, 4.69) is 32.2 Å². The highest BCUT2D eigenvalue weighted by molar-refractivity contribution is 5.92. The number of nitrogens with one attached hydrogen (secondary N) is 2. The number of anilines is 1. The van der Waals surface area contributed by atoms with Gasteiger partial charge in [0.25, 0.3) is 11.5 Å². The molecule has 0 aliphatic carbocycles. The molecule has 11 heteroatoms. The zero-order valence-electron chi connectivity index (χ0n) is 21.1. The zero-order chi connectivity index (χ0) is 26.1. The van der Waals surface area contributed by atoms with Gasteiger partial charge in [0.15, 0.2) is 5.82 Å². The second kappa shape index (κ2) is 10.5. The van der Waals surface area contributed by atoms with Crippen LogP contribution in [0, 0.1) is 17.7 Å². The molecule has 1 amide bonds. The van der Waals surface area contributed by atoms with E-state index in [1.807, 2.05) is 9.91 Å². The molecule has 196 valence electrons. The number of pyridine rings is 1. The number of rotatable bonds is 6. The van der Waals surface area contributed by atoms with E-state index >= 15 is 0 Å². The number of aryl methyl sites for hydroxylation is 1. The van der Waals surface area contributed by atoms with E-state index < -0.39 is 17.7 Å². The van der Waals surface area contributed by atoms with Crippen molar-refractivity contribution in [3.63, 3.8) is 0 Å². The molecule has 2 aliphatic heterocycles. The Morgan fingerprint density at radius 3 is 2.59 bits per heavy atom. The average molecular weight is 512 g/mol. The van der Waals surface area contributed by atoms with Gasteiger partial charge in [0.2, 0.25) is 5.95 Å². The van der Waals surface area contributed by atoms with Crippen LogP contribution in [-0.2, 0) is 13.0 Å². The monoisotopic (exact) mass is 511 g/mol. The summed E-state index contributed by atoms with van der Waals surface area (Å²) < 4.78 is 29.6. The lowest BCUT2D eigenvalue weighted by atomic mass is 10.1. The Bertz CT molecular complexity index is 1370. The van der Waals surface area contributed by atoms with E-state index in [0.29, 0.717) is 62.0 Å². The highest BCUT2D eigenvalue weighted by Gasteiger charge is 2.24. The molecule has 0 spiro atoms. The number of hydrazine groups is 1. The number of fused-ring (bicyclic) bond motifs is 1. The van der Waals surface area contributed by atoms with Crippen LogP contribution in [0.2, 0.25) is 0 Å². The quantitative estimate of drug-likeness (QED) is 0.491. The van der Waals surface area contributed by atoms with E-state index in [4.69, 9.17) is 0 Å². The number of piperazine rings is 1. The summed E-state index contributed by atoms with van der Waals surface area (Å²) in [6.07, 6.45) is 1.44. The predicted octanol–water partition coefficient (Wildman–Crippen LogP) is 2.47. The van der Waals surface area contributed by atoms with Gasteiger partial charge < -0.3 is 9.88 Å². The third-order valence-corrected chi connectivity index (χ3v) is 7.08. The Hall–Kier alpha value is -3.44. The van der Waals surface area contributed by atoms with E-state index in [1.165, 1.54) is 6.07 Å². The number of aromatic nitrogens is 3. The number of aromatic amines is 1. The fourth-order valence-corrected chi connectivity index (χ4v) is 5.01. The molecule has 5 rings (SSSR count). The number of amides is 1. The Morgan fingerprint density at radius 2 is 1.92 bits per heavy atom. The van der Waals surface area contributed by atoms with Crippen LogP contribution in [-0.4, -0.2) is 70.0 Å². The lowest BCUT2D eigenvalue weighted by Crippen LogP contribution is -2.46. The van der Waals surface area contributed by atoms with Crippen molar-refractivity contribution in [2.45, 2.75) is 33.2 Å². The number of nitrogens with zero attached hydrogens (tertiary/aromatic N) is 5. The Balaban J connectivity index is 1.20. The standard InChI is InChI=1S/C26H31F2N7O2/c1-3-19-25(36)31-21-13-17(12-18(27)23(21)29-19)15-33-8-10-34(11-9-33)22-5-4-20(30-24(22)28)26(37)32-35-7-6-16(2)14-35/h4-5,12-13,16H,3,6-11,14-15H2,1-2H3,(H,31,36)(H,32,37). The van der Waals surface area contributed by atoms with Crippen LogP contribution in [0.5, 0.6) is 0 Å². The van der Waals surface area contributed by atoms with E-state index in [-0.39, 0.29) is 16.8 Å². The number of carbonyl (C=O) groups is 1. The van der Waals surface area contributed by atoms with Crippen LogP contribution in [0.4, 0.5) is 14.5 Å². The molecular weight excluding hydrogens is 480 g/mol. The van der Waals surface area contributed by atoms with Gasteiger partial charge in [-0.15, -0.1) is 0 Å². The van der Waals surface area contributed by atoms with Gasteiger partial charge >= 0.3 is 0 Å². The first-order chi connectivity index (χ1) is 17.8. The second-order valence-electron chi connectivity index (χ2n) is 9.89. The maximum Gasteiger partial charge on any atom is 0.284 e. The van der Waals surface area contributed by atoms with Gasteiger partial charge in [0.1, 0.15) is 16.9 Å². The van der Waals surface area contributed by atoms with Crippen LogP contribution in [0.1, 0.15) is 42.0 Å². The van der Waals surface area contributed by atoms with Crippen LogP contribution >= 0.6 is 0 Å². The van der Waals surface area contributed by atoms with Crippen molar-refractivity contribution in [1.82, 2.24) is 30.3 Å². The molecule has 0 saturated carbocycles. The van der Waals surface area contributed by atoms with Crippen molar-refractivity contribution in [1.29, 1.82) is 0 Å². The summed E-state index contributed by atoms with van der Waals surface area (Å²) in [5, 5.41) is 1.84. The molecular formula is C26H31F2N7O2. The highest BCUT2D eigenvalue weighted by Crippen LogP contribution is 2.22. The number of halogens is 2. The number of hydrogen-bond acceptors (Lipinski definition) is 7. The van der Waals surface area contributed by atoms with Gasteiger partial charge in [0.05, 0.1) is 11.2 Å². The summed E-state index contributed by atoms with van der Waals surface area (Å²) in [7, 11) is 0. The normalized spacial score (nSPS) is 19.0. The van der Waals surface area contributed by atoms with Crippen molar-refractivity contribution in [2.24, 2.45) is 5.92 Å². The van der Waals surface area contributed by atoms with Crippen molar-refractivity contribution in [3.8, 4) is 0 Å². The lowest BCUT2D eigenvalue weighted by molar-refractivity contribution is 0.0815. The number of H-pyrrole nitrogens is 1. The average Bonchev–Trinajstić information content (AvgIpc) is 3.28. The van der Waals surface area contributed by atoms with E-state index in [1.54, 1.807) is 25.1 Å². The van der Waals surface area contributed by atoms with Crippen molar-refractivity contribution >= 4 is 22.6 Å². The van der Waals surface area contributed by atoms with Crippen molar-refractivity contribution in [3.05, 3.63) is 63.3 Å². The van der Waals surface area contributed by atoms with Crippen molar-refractivity contribution in [2.75, 3.05) is 44.2 Å². The first-order valence-electron chi connectivity index (χ1n) is 12.7. The molecule has 1 atom stereocenters. The smallest absolute Gasteiger partial charge is 0.284 e. The van der Waals surface area contributed by atoms with Gasteiger partial charge in [-0.3, -0.25) is 19.9 Å². The predicted molar refractivity (Wildman–Crippen MR) is 136 cm³/mol. The van der Waals surface area contributed by atoms with Crippen LogP contribution in [0.15, 0.2) is 29.1 Å². The van der Waals surface area contributed by atoms with Gasteiger partial charge in [0, 0.05) is 45.8 Å². The molecule has 2 fully saturated rings. The molecule has 2 aliphatic rings. The fraction of sp³-hybridized carbons (Fsp3) is 0.462. The summed E-state index contributed by atoms with van der Waals surface area (Å²) in [6, 6.07) is 6.37. The summed E-state index contributed by atoms with van der Waals surface area (Å²) >= 11 is 0. The van der Waals surface area contributed by atoms with Crippen LogP contribution in [0.25, 0.3) is 11.0 Å². The number of carbonyl (C=O) groups excluding carboxylic acids is 1. The second-order valence-corrected chi connectivity index (χ2v) is 9.89. The highest BCUT2D eigenvalue weighted by atomic mass is 19.1. The van der Waals surface area contributed by atoms with E-state index in [9.17, 15) is 18.4 Å². The minimum absolute atomic E-state index is 0.0522. The molecule has 0 bridgehead atoms. The molecule has 2 aromatic heterocycles. The van der Waals surface area contributed by atoms with Crippen LogP contribution in [0.3, 0.4) is 0 Å². The van der Waals surface area contributed by atoms with Gasteiger partial charge in [-0.25, -0.2) is 19.4 Å². The minimum atomic E-state index is -0.671. The fourth-order valence-electron chi connectivity index (χ4n) is 5.01. The van der Waals surface area contributed by atoms with Crippen molar-refractivity contribution < 1.29 is 13.6 Å².